The predicted octanol–water partition coefficient (Wildman–Crippen LogP) is 1.86. The van der Waals surface area contributed by atoms with Crippen LogP contribution in [0.25, 0.3) is 0 Å². The second-order valence-corrected chi connectivity index (χ2v) is 8.07. The number of amides is 2. The average Bonchev–Trinajstić information content (AvgIpc) is 3.04. The Bertz CT molecular complexity index is 740. The Hall–Kier alpha value is -2.12. The molecule has 1 aromatic rings. The van der Waals surface area contributed by atoms with Crippen LogP contribution in [0.1, 0.15) is 44.1 Å². The summed E-state index contributed by atoms with van der Waals surface area (Å²) in [4.78, 5) is 27.2. The van der Waals surface area contributed by atoms with Crippen molar-refractivity contribution in [3.8, 4) is 0 Å². The van der Waals surface area contributed by atoms with E-state index < -0.39 is 6.03 Å². The third-order valence-corrected chi connectivity index (χ3v) is 6.79. The number of quaternary nitrogens is 1. The van der Waals surface area contributed by atoms with Crippen molar-refractivity contribution in [2.45, 2.75) is 56.7 Å². The van der Waals surface area contributed by atoms with Gasteiger partial charge in [0.2, 0.25) is 0 Å². The molecule has 0 aliphatic carbocycles. The quantitative estimate of drug-likeness (QED) is 0.623. The molecule has 146 valence electrons. The van der Waals surface area contributed by atoms with Crippen molar-refractivity contribution in [1.82, 2.24) is 14.9 Å². The van der Waals surface area contributed by atoms with Crippen LogP contribution in [0.4, 0.5) is 10.5 Å². The van der Waals surface area contributed by atoms with E-state index in [-0.39, 0.29) is 22.5 Å². The third kappa shape index (κ3) is 2.89. The Morgan fingerprint density at radius 2 is 1.93 bits per heavy atom. The zero-order valence-corrected chi connectivity index (χ0v) is 16.1. The molecule has 2 saturated heterocycles. The fourth-order valence-electron chi connectivity index (χ4n) is 5.56. The number of benzene rings is 1. The fourth-order valence-corrected chi connectivity index (χ4v) is 5.56. The van der Waals surface area contributed by atoms with E-state index in [1.165, 1.54) is 12.8 Å². The topological polar surface area (TPSA) is 84.7 Å². The van der Waals surface area contributed by atoms with Crippen LogP contribution in [0.15, 0.2) is 24.3 Å². The highest BCUT2D eigenvalue weighted by Gasteiger charge is 2.56. The second kappa shape index (κ2) is 6.80. The molecule has 4 rings (SSSR count). The van der Waals surface area contributed by atoms with E-state index in [1.807, 2.05) is 31.2 Å². The van der Waals surface area contributed by atoms with Crippen molar-refractivity contribution in [3.05, 3.63) is 29.8 Å². The summed E-state index contributed by atoms with van der Waals surface area (Å²) < 4.78 is 5.60. The molecule has 2 amide bonds. The van der Waals surface area contributed by atoms with Gasteiger partial charge in [0, 0.05) is 36.6 Å². The Balaban J connectivity index is 1.76. The van der Waals surface area contributed by atoms with Crippen LogP contribution in [-0.4, -0.2) is 55.2 Å². The summed E-state index contributed by atoms with van der Waals surface area (Å²) in [7, 11) is 2.20. The number of fused-ring (bicyclic) bond motifs is 3. The van der Waals surface area contributed by atoms with Gasteiger partial charge in [-0.15, -0.1) is 0 Å². The Kier molecular flexibility index (Phi) is 4.60. The Labute approximate surface area is 160 Å². The maximum absolute atomic E-state index is 12.7. The van der Waals surface area contributed by atoms with E-state index in [9.17, 15) is 9.59 Å². The number of piperidine rings is 1. The highest BCUT2D eigenvalue weighted by molar-refractivity contribution is 5.84. The van der Waals surface area contributed by atoms with Gasteiger partial charge < -0.3 is 10.5 Å². The van der Waals surface area contributed by atoms with Crippen molar-refractivity contribution < 1.29 is 14.3 Å². The van der Waals surface area contributed by atoms with Crippen LogP contribution in [-0.2, 0) is 9.53 Å². The molecular formula is C20H29N4O3+. The van der Waals surface area contributed by atoms with E-state index in [4.69, 9.17) is 10.5 Å². The number of nitrogens with zero attached hydrogens (tertiary/aromatic N) is 2. The summed E-state index contributed by atoms with van der Waals surface area (Å²) in [6.07, 6.45) is 4.35. The van der Waals surface area contributed by atoms with E-state index in [0.717, 1.165) is 24.1 Å². The van der Waals surface area contributed by atoms with Gasteiger partial charge in [0.15, 0.2) is 5.69 Å². The van der Waals surface area contributed by atoms with Crippen molar-refractivity contribution in [3.63, 3.8) is 0 Å². The molecule has 7 nitrogen and oxygen atoms in total. The van der Waals surface area contributed by atoms with Crippen molar-refractivity contribution >= 4 is 17.7 Å². The molecule has 7 heteroatoms. The SMILES string of the molecule is CCOC(=O)C1C[N+](NC(N)=O)(C2CC3CCC(C2)N3C)c2ccccc21. The molecule has 0 radical (unpaired) electrons. The molecule has 3 N–H and O–H groups in total. The monoisotopic (exact) mass is 373 g/mol. The number of ether oxygens (including phenoxy) is 1. The number of nitrogens with two attached hydrogens (primary N) is 1. The maximum Gasteiger partial charge on any atom is 0.356 e. The Morgan fingerprint density at radius 3 is 2.56 bits per heavy atom. The zero-order chi connectivity index (χ0) is 19.2. The van der Waals surface area contributed by atoms with Crippen LogP contribution in [0.2, 0.25) is 0 Å². The van der Waals surface area contributed by atoms with Gasteiger partial charge in [-0.1, -0.05) is 18.2 Å². The van der Waals surface area contributed by atoms with Gasteiger partial charge in [-0.2, -0.15) is 10.0 Å². The summed E-state index contributed by atoms with van der Waals surface area (Å²) in [5.74, 6) is -0.613. The summed E-state index contributed by atoms with van der Waals surface area (Å²) in [6.45, 7) is 2.63. The van der Waals surface area contributed by atoms with Crippen LogP contribution in [0.5, 0.6) is 0 Å². The lowest BCUT2D eigenvalue weighted by Crippen LogP contribution is -2.70. The van der Waals surface area contributed by atoms with E-state index in [1.54, 1.807) is 0 Å². The molecule has 2 fully saturated rings. The summed E-state index contributed by atoms with van der Waals surface area (Å²) in [5, 5.41) is 0. The van der Waals surface area contributed by atoms with Gasteiger partial charge in [0.25, 0.3) is 0 Å². The minimum absolute atomic E-state index is 0.201. The van der Waals surface area contributed by atoms with Crippen molar-refractivity contribution in [2.75, 3.05) is 20.2 Å². The molecule has 0 aromatic heterocycles. The number of carbonyl (C=O) groups is 2. The van der Waals surface area contributed by atoms with E-state index in [2.05, 4.69) is 17.4 Å². The van der Waals surface area contributed by atoms with Gasteiger partial charge in [0.1, 0.15) is 18.5 Å². The first-order valence-corrected chi connectivity index (χ1v) is 9.89. The van der Waals surface area contributed by atoms with Crippen LogP contribution < -0.4 is 15.8 Å². The molecule has 3 heterocycles. The fraction of sp³-hybridized carbons (Fsp3) is 0.600. The number of hydrogen-bond acceptors (Lipinski definition) is 4. The predicted molar refractivity (Wildman–Crippen MR) is 103 cm³/mol. The molecule has 27 heavy (non-hydrogen) atoms. The molecule has 3 aliphatic rings. The molecule has 4 unspecified atom stereocenters. The second-order valence-electron chi connectivity index (χ2n) is 8.07. The molecule has 3 aliphatic heterocycles. The number of esters is 1. The molecule has 1 aromatic carbocycles. The molecule has 4 atom stereocenters. The van der Waals surface area contributed by atoms with Gasteiger partial charge in [-0.3, -0.25) is 9.69 Å². The highest BCUT2D eigenvalue weighted by Crippen LogP contribution is 2.47. The zero-order valence-electron chi connectivity index (χ0n) is 16.1. The number of carbonyl (C=O) groups excluding carboxylic acids is 2. The summed E-state index contributed by atoms with van der Waals surface area (Å²) >= 11 is 0. The number of nitrogens with one attached hydrogen (secondary N) is 1. The maximum atomic E-state index is 12.7. The van der Waals surface area contributed by atoms with Crippen LogP contribution in [0.3, 0.4) is 0 Å². The minimum atomic E-state index is -0.555. The summed E-state index contributed by atoms with van der Waals surface area (Å²) in [5.41, 5.74) is 10.6. The first-order chi connectivity index (χ1) is 13.0. The van der Waals surface area contributed by atoms with Gasteiger partial charge in [-0.05, 0) is 26.8 Å². The third-order valence-electron chi connectivity index (χ3n) is 6.79. The first-order valence-electron chi connectivity index (χ1n) is 9.89. The van der Waals surface area contributed by atoms with Gasteiger partial charge >= 0.3 is 12.0 Å². The number of hydrogen-bond donors (Lipinski definition) is 2. The minimum Gasteiger partial charge on any atom is -0.465 e. The Morgan fingerprint density at radius 1 is 1.26 bits per heavy atom. The first kappa shape index (κ1) is 18.3. The van der Waals surface area contributed by atoms with Gasteiger partial charge in [-0.25, -0.2) is 4.79 Å². The normalized spacial score (nSPS) is 34.9. The van der Waals surface area contributed by atoms with Crippen LogP contribution >= 0.6 is 0 Å². The van der Waals surface area contributed by atoms with Crippen molar-refractivity contribution in [2.24, 2.45) is 5.73 Å². The largest absolute Gasteiger partial charge is 0.465 e. The number of para-hydroxylation sites is 1. The standard InChI is InChI=1S/C20H28N4O3/c1-3-27-19(25)17-12-24(22-20(21)26,18-7-5-4-6-16(17)18)15-10-13-8-9-14(11-15)23(13)2/h4-7,13-15,17H,3,8-12H2,1-2H3,(H2-,21,22,26)/p+1. The van der Waals surface area contributed by atoms with E-state index in [0.29, 0.717) is 25.2 Å². The molecular weight excluding hydrogens is 344 g/mol. The lowest BCUT2D eigenvalue weighted by molar-refractivity contribution is -0.145. The lowest BCUT2D eigenvalue weighted by atomic mass is 9.95. The summed E-state index contributed by atoms with van der Waals surface area (Å²) in [6, 6.07) is 8.58. The average molecular weight is 373 g/mol. The number of urea groups is 1. The molecule has 2 bridgehead atoms. The molecule has 0 saturated carbocycles. The van der Waals surface area contributed by atoms with Crippen molar-refractivity contribution in [1.29, 1.82) is 0 Å². The number of primary amides is 1. The van der Waals surface area contributed by atoms with Crippen LogP contribution in [0, 0.1) is 0 Å². The molecule has 0 spiro atoms. The highest BCUT2D eigenvalue weighted by atomic mass is 16.5. The number of rotatable bonds is 4. The van der Waals surface area contributed by atoms with Gasteiger partial charge in [0.05, 0.1) is 6.61 Å². The lowest BCUT2D eigenvalue weighted by Gasteiger charge is -2.46. The smallest absolute Gasteiger partial charge is 0.356 e. The van der Waals surface area contributed by atoms with E-state index >= 15 is 0 Å².